The monoisotopic (exact) mass is 260 g/mol. The van der Waals surface area contributed by atoms with Crippen molar-refractivity contribution in [3.63, 3.8) is 0 Å². The summed E-state index contributed by atoms with van der Waals surface area (Å²) in [5.41, 5.74) is 1.83. The molecule has 0 radical (unpaired) electrons. The van der Waals surface area contributed by atoms with Gasteiger partial charge >= 0.3 is 0 Å². The molecule has 2 N–H and O–H groups in total. The average molecular weight is 260 g/mol. The van der Waals surface area contributed by atoms with E-state index in [0.29, 0.717) is 13.2 Å². The van der Waals surface area contributed by atoms with Crippen molar-refractivity contribution < 1.29 is 14.9 Å². The Balaban J connectivity index is 1.77. The summed E-state index contributed by atoms with van der Waals surface area (Å²) in [6, 6.07) is 9.74. The summed E-state index contributed by atoms with van der Waals surface area (Å²) in [6.45, 7) is 0.738. The van der Waals surface area contributed by atoms with E-state index in [1.54, 1.807) is 12.5 Å². The summed E-state index contributed by atoms with van der Waals surface area (Å²) in [7, 11) is 0. The molecule has 1 aliphatic rings. The van der Waals surface area contributed by atoms with Gasteiger partial charge in [0.15, 0.2) is 0 Å². The van der Waals surface area contributed by atoms with Crippen LogP contribution < -0.4 is 0 Å². The van der Waals surface area contributed by atoms with Gasteiger partial charge in [0.25, 0.3) is 0 Å². The first kappa shape index (κ1) is 12.3. The Hall–Kier alpha value is -1.69. The van der Waals surface area contributed by atoms with Gasteiger partial charge in [-0.25, -0.2) is 4.98 Å². The van der Waals surface area contributed by atoms with Crippen LogP contribution in [-0.4, -0.2) is 32.0 Å². The fourth-order valence-corrected chi connectivity index (χ4v) is 2.35. The highest BCUT2D eigenvalue weighted by atomic mass is 16.5. The second kappa shape index (κ2) is 5.13. The van der Waals surface area contributed by atoms with E-state index in [1.165, 1.54) is 0 Å². The van der Waals surface area contributed by atoms with Gasteiger partial charge in [-0.15, -0.1) is 0 Å². The minimum absolute atomic E-state index is 0.349. The molecule has 2 heterocycles. The fourth-order valence-electron chi connectivity index (χ4n) is 2.35. The minimum Gasteiger partial charge on any atom is -0.388 e. The van der Waals surface area contributed by atoms with E-state index < -0.39 is 18.3 Å². The molecular formula is C14H16N2O3. The van der Waals surface area contributed by atoms with Gasteiger partial charge in [0.2, 0.25) is 0 Å². The molecule has 0 unspecified atom stereocenters. The minimum atomic E-state index is -0.923. The van der Waals surface area contributed by atoms with Crippen LogP contribution in [0.15, 0.2) is 42.9 Å². The number of aliphatic hydroxyl groups is 2. The molecule has 19 heavy (non-hydrogen) atoms. The zero-order valence-electron chi connectivity index (χ0n) is 10.4. The number of nitrogens with zero attached hydrogens (tertiary/aromatic N) is 2. The summed E-state index contributed by atoms with van der Waals surface area (Å²) < 4.78 is 7.58. The van der Waals surface area contributed by atoms with Gasteiger partial charge in [0.1, 0.15) is 18.3 Å². The number of fused-ring (bicyclic) bond motifs is 1. The molecule has 0 amide bonds. The highest BCUT2D eigenvalue weighted by Crippen LogP contribution is 2.29. The number of imidazole rings is 1. The van der Waals surface area contributed by atoms with Gasteiger partial charge in [0, 0.05) is 0 Å². The normalized spacial score (nSPS) is 26.1. The summed E-state index contributed by atoms with van der Waals surface area (Å²) in [5, 5.41) is 19.9. The molecule has 0 saturated heterocycles. The molecule has 0 spiro atoms. The van der Waals surface area contributed by atoms with Gasteiger partial charge in [-0.2, -0.15) is 0 Å². The molecule has 2 aromatic rings. The third kappa shape index (κ3) is 2.40. The predicted molar refractivity (Wildman–Crippen MR) is 68.2 cm³/mol. The van der Waals surface area contributed by atoms with Crippen LogP contribution in [0.2, 0.25) is 0 Å². The van der Waals surface area contributed by atoms with Crippen molar-refractivity contribution in [2.75, 3.05) is 0 Å². The quantitative estimate of drug-likeness (QED) is 0.859. The fraction of sp³-hybridized carbons (Fsp3) is 0.357. The van der Waals surface area contributed by atoms with Gasteiger partial charge < -0.3 is 19.5 Å². The van der Waals surface area contributed by atoms with Crippen molar-refractivity contribution in [3.05, 3.63) is 54.1 Å². The highest BCUT2D eigenvalue weighted by molar-refractivity contribution is 5.15. The number of aliphatic hydroxyl groups excluding tert-OH is 2. The Morgan fingerprint density at radius 3 is 2.84 bits per heavy atom. The number of hydrogen-bond acceptors (Lipinski definition) is 4. The third-order valence-electron chi connectivity index (χ3n) is 3.40. The van der Waals surface area contributed by atoms with Crippen molar-refractivity contribution in [1.29, 1.82) is 0 Å². The Kier molecular flexibility index (Phi) is 3.33. The number of benzene rings is 1. The molecule has 100 valence electrons. The van der Waals surface area contributed by atoms with Gasteiger partial charge in [0.05, 0.1) is 31.4 Å². The highest BCUT2D eigenvalue weighted by Gasteiger charge is 2.35. The molecule has 0 bridgehead atoms. The largest absolute Gasteiger partial charge is 0.388 e. The molecule has 0 saturated carbocycles. The molecular weight excluding hydrogens is 244 g/mol. The predicted octanol–water partition coefficient (Wildman–Crippen LogP) is 0.876. The second-order valence-electron chi connectivity index (χ2n) is 4.75. The van der Waals surface area contributed by atoms with Gasteiger partial charge in [-0.1, -0.05) is 30.3 Å². The molecule has 3 atom stereocenters. The van der Waals surface area contributed by atoms with Crippen molar-refractivity contribution in [2.45, 2.75) is 31.5 Å². The summed E-state index contributed by atoms with van der Waals surface area (Å²) >= 11 is 0. The van der Waals surface area contributed by atoms with E-state index in [0.717, 1.165) is 11.3 Å². The molecule has 1 aromatic heterocycles. The topological polar surface area (TPSA) is 67.5 Å². The Morgan fingerprint density at radius 2 is 2.05 bits per heavy atom. The van der Waals surface area contributed by atoms with Gasteiger partial charge in [-0.05, 0) is 5.56 Å². The zero-order valence-corrected chi connectivity index (χ0v) is 10.4. The molecule has 1 aromatic carbocycles. The zero-order chi connectivity index (χ0) is 13.2. The van der Waals surface area contributed by atoms with Crippen LogP contribution in [0.3, 0.4) is 0 Å². The van der Waals surface area contributed by atoms with E-state index in [-0.39, 0.29) is 0 Å². The first-order valence-electron chi connectivity index (χ1n) is 6.27. The first-order valence-corrected chi connectivity index (χ1v) is 6.27. The molecule has 0 aliphatic carbocycles. The molecule has 0 fully saturated rings. The van der Waals surface area contributed by atoms with E-state index in [1.807, 2.05) is 34.9 Å². The first-order chi connectivity index (χ1) is 9.25. The average Bonchev–Trinajstić information content (AvgIpc) is 2.88. The Bertz CT molecular complexity index is 541. The summed E-state index contributed by atoms with van der Waals surface area (Å²) in [4.78, 5) is 4.04. The van der Waals surface area contributed by atoms with Crippen molar-refractivity contribution in [2.24, 2.45) is 0 Å². The number of rotatable bonds is 3. The third-order valence-corrected chi connectivity index (χ3v) is 3.40. The standard InChI is InChI=1S/C14H16N2O3/c17-12-7-16-9-15-6-11(16)14(13(12)18)19-8-10-4-2-1-3-5-10/h1-6,9,12-14,17-18H,7-8H2/t12-,13+,14+/m1/s1. The van der Waals surface area contributed by atoms with Crippen molar-refractivity contribution in [1.82, 2.24) is 9.55 Å². The van der Waals surface area contributed by atoms with Crippen molar-refractivity contribution in [3.8, 4) is 0 Å². The SMILES string of the molecule is O[C@H]1[C@H](O)Cn2cncc2[C@@H]1OCc1ccccc1. The van der Waals surface area contributed by atoms with E-state index in [4.69, 9.17) is 4.74 Å². The van der Waals surface area contributed by atoms with E-state index >= 15 is 0 Å². The van der Waals surface area contributed by atoms with Crippen LogP contribution in [0.5, 0.6) is 0 Å². The lowest BCUT2D eigenvalue weighted by atomic mass is 10.0. The van der Waals surface area contributed by atoms with Crippen LogP contribution in [0, 0.1) is 0 Å². The van der Waals surface area contributed by atoms with Crippen LogP contribution >= 0.6 is 0 Å². The number of ether oxygens (including phenoxy) is 1. The van der Waals surface area contributed by atoms with Gasteiger partial charge in [-0.3, -0.25) is 0 Å². The summed E-state index contributed by atoms with van der Waals surface area (Å²) in [6.07, 6.45) is 1.01. The lowest BCUT2D eigenvalue weighted by molar-refractivity contribution is -0.117. The maximum atomic E-state index is 10.1. The number of aromatic nitrogens is 2. The molecule has 5 heteroatoms. The van der Waals surface area contributed by atoms with Crippen LogP contribution in [0.25, 0.3) is 0 Å². The van der Waals surface area contributed by atoms with E-state index in [2.05, 4.69) is 4.98 Å². The van der Waals surface area contributed by atoms with Crippen LogP contribution in [-0.2, 0) is 17.9 Å². The van der Waals surface area contributed by atoms with Crippen LogP contribution in [0.1, 0.15) is 17.4 Å². The smallest absolute Gasteiger partial charge is 0.128 e. The maximum Gasteiger partial charge on any atom is 0.128 e. The maximum absolute atomic E-state index is 10.1. The van der Waals surface area contributed by atoms with E-state index in [9.17, 15) is 10.2 Å². The number of hydrogen-bond donors (Lipinski definition) is 2. The van der Waals surface area contributed by atoms with Crippen molar-refractivity contribution >= 4 is 0 Å². The second-order valence-corrected chi connectivity index (χ2v) is 4.75. The Morgan fingerprint density at radius 1 is 1.26 bits per heavy atom. The van der Waals surface area contributed by atoms with Crippen LogP contribution in [0.4, 0.5) is 0 Å². The summed E-state index contributed by atoms with van der Waals surface area (Å²) in [5.74, 6) is 0. The molecule has 1 aliphatic heterocycles. The molecule has 3 rings (SSSR count). The lowest BCUT2D eigenvalue weighted by Gasteiger charge is -2.32. The Labute approximate surface area is 111 Å². The molecule has 5 nitrogen and oxygen atoms in total. The lowest BCUT2D eigenvalue weighted by Crippen LogP contribution is -2.42.